The van der Waals surface area contributed by atoms with Gasteiger partial charge in [-0.1, -0.05) is 19.3 Å². The van der Waals surface area contributed by atoms with Crippen molar-refractivity contribution in [2.75, 3.05) is 0 Å². The van der Waals surface area contributed by atoms with Crippen LogP contribution in [0.15, 0.2) is 0 Å². The van der Waals surface area contributed by atoms with Crippen molar-refractivity contribution in [1.29, 1.82) is 0 Å². The maximum atomic E-state index is 12.2. The van der Waals surface area contributed by atoms with E-state index in [4.69, 9.17) is 0 Å². The predicted molar refractivity (Wildman–Crippen MR) is 72.1 cm³/mol. The number of hydrogen-bond donors (Lipinski definition) is 2. The molecular formula is C14H26N2O2. The smallest absolute Gasteiger partial charge is 0.235 e. The van der Waals surface area contributed by atoms with Crippen LogP contribution in [0.2, 0.25) is 0 Å². The van der Waals surface area contributed by atoms with Crippen LogP contribution >= 0.6 is 0 Å². The molecule has 0 heterocycles. The van der Waals surface area contributed by atoms with Gasteiger partial charge in [-0.3, -0.25) is 9.59 Å². The summed E-state index contributed by atoms with van der Waals surface area (Å²) in [5.74, 6) is -0.363. The van der Waals surface area contributed by atoms with Crippen LogP contribution in [-0.4, -0.2) is 23.9 Å². The summed E-state index contributed by atoms with van der Waals surface area (Å²) in [4.78, 5) is 24.2. The van der Waals surface area contributed by atoms with Crippen LogP contribution in [0.3, 0.4) is 0 Å². The molecule has 104 valence electrons. The first-order chi connectivity index (χ1) is 8.34. The first-order valence-corrected chi connectivity index (χ1v) is 6.96. The highest BCUT2D eigenvalue weighted by atomic mass is 16.2. The molecule has 0 unspecified atom stereocenters. The van der Waals surface area contributed by atoms with Crippen molar-refractivity contribution in [2.24, 2.45) is 5.41 Å². The molecule has 0 aromatic rings. The average Bonchev–Trinajstić information content (AvgIpc) is 2.29. The molecule has 0 bridgehead atoms. The second kappa shape index (κ2) is 6.21. The molecule has 0 aromatic carbocycles. The van der Waals surface area contributed by atoms with E-state index < -0.39 is 5.41 Å². The van der Waals surface area contributed by atoms with Gasteiger partial charge in [0.2, 0.25) is 11.8 Å². The molecule has 0 spiro atoms. The van der Waals surface area contributed by atoms with Gasteiger partial charge < -0.3 is 10.6 Å². The fraction of sp³-hybridized carbons (Fsp3) is 0.857. The zero-order chi connectivity index (χ0) is 13.8. The van der Waals surface area contributed by atoms with Crippen molar-refractivity contribution in [3.63, 3.8) is 0 Å². The average molecular weight is 254 g/mol. The summed E-state index contributed by atoms with van der Waals surface area (Å²) in [6.45, 7) is 7.16. The lowest BCUT2D eigenvalue weighted by Crippen LogP contribution is -2.52. The molecule has 2 N–H and O–H groups in total. The third-order valence-electron chi connectivity index (χ3n) is 3.50. The summed E-state index contributed by atoms with van der Waals surface area (Å²) < 4.78 is 0. The van der Waals surface area contributed by atoms with E-state index in [0.717, 1.165) is 12.8 Å². The Bertz CT molecular complexity index is 305. The van der Waals surface area contributed by atoms with Gasteiger partial charge in [-0.2, -0.15) is 0 Å². The second-order valence-electron chi connectivity index (χ2n) is 6.06. The second-order valence-corrected chi connectivity index (χ2v) is 6.06. The SMILES string of the molecule is CC(C)NC(=O)C(C)(C)C(=O)NC1CCCCC1. The minimum absolute atomic E-state index is 0.0549. The molecule has 0 saturated heterocycles. The summed E-state index contributed by atoms with van der Waals surface area (Å²) in [6.07, 6.45) is 5.66. The molecule has 1 aliphatic carbocycles. The van der Waals surface area contributed by atoms with E-state index in [0.29, 0.717) is 0 Å². The number of carbonyl (C=O) groups excluding carboxylic acids is 2. The first kappa shape index (κ1) is 15.0. The molecule has 4 heteroatoms. The number of hydrogen-bond acceptors (Lipinski definition) is 2. The van der Waals surface area contributed by atoms with Crippen LogP contribution < -0.4 is 10.6 Å². The highest BCUT2D eigenvalue weighted by Crippen LogP contribution is 2.21. The van der Waals surface area contributed by atoms with E-state index >= 15 is 0 Å². The normalized spacial score (nSPS) is 17.6. The molecule has 2 amide bonds. The lowest BCUT2D eigenvalue weighted by Gasteiger charge is -2.29. The van der Waals surface area contributed by atoms with Crippen LogP contribution in [0.1, 0.15) is 59.8 Å². The van der Waals surface area contributed by atoms with Gasteiger partial charge in [0, 0.05) is 12.1 Å². The van der Waals surface area contributed by atoms with Crippen molar-refractivity contribution < 1.29 is 9.59 Å². The third-order valence-corrected chi connectivity index (χ3v) is 3.50. The molecule has 1 rings (SSSR count). The van der Waals surface area contributed by atoms with Gasteiger partial charge in [0.15, 0.2) is 0 Å². The van der Waals surface area contributed by atoms with Crippen LogP contribution in [0.25, 0.3) is 0 Å². The number of carbonyl (C=O) groups is 2. The minimum atomic E-state index is -0.998. The van der Waals surface area contributed by atoms with Gasteiger partial charge in [-0.15, -0.1) is 0 Å². The molecule has 1 saturated carbocycles. The summed E-state index contributed by atoms with van der Waals surface area (Å²) in [5.41, 5.74) is -0.998. The number of nitrogens with one attached hydrogen (secondary N) is 2. The lowest BCUT2D eigenvalue weighted by molar-refractivity contribution is -0.142. The molecule has 0 aromatic heterocycles. The number of amides is 2. The van der Waals surface area contributed by atoms with Gasteiger partial charge in [0.05, 0.1) is 0 Å². The Labute approximate surface area is 110 Å². The Kier molecular flexibility index (Phi) is 5.17. The maximum Gasteiger partial charge on any atom is 0.235 e. The van der Waals surface area contributed by atoms with E-state index in [9.17, 15) is 9.59 Å². The molecule has 0 atom stereocenters. The summed E-state index contributed by atoms with van der Waals surface area (Å²) in [5, 5.41) is 5.81. The van der Waals surface area contributed by atoms with Crippen molar-refractivity contribution >= 4 is 11.8 Å². The topological polar surface area (TPSA) is 58.2 Å². The largest absolute Gasteiger partial charge is 0.353 e. The minimum Gasteiger partial charge on any atom is -0.353 e. The molecule has 1 fully saturated rings. The summed E-state index contributed by atoms with van der Waals surface area (Å²) >= 11 is 0. The summed E-state index contributed by atoms with van der Waals surface area (Å²) in [7, 11) is 0. The molecule has 4 nitrogen and oxygen atoms in total. The van der Waals surface area contributed by atoms with Crippen LogP contribution in [0.4, 0.5) is 0 Å². The Morgan fingerprint density at radius 2 is 1.61 bits per heavy atom. The van der Waals surface area contributed by atoms with E-state index in [1.807, 2.05) is 13.8 Å². The third kappa shape index (κ3) is 4.00. The highest BCUT2D eigenvalue weighted by molar-refractivity contribution is 6.04. The zero-order valence-corrected chi connectivity index (χ0v) is 12.0. The van der Waals surface area contributed by atoms with E-state index in [-0.39, 0.29) is 23.9 Å². The molecule has 0 radical (unpaired) electrons. The van der Waals surface area contributed by atoms with Crippen LogP contribution in [0, 0.1) is 5.41 Å². The Morgan fingerprint density at radius 1 is 1.06 bits per heavy atom. The van der Waals surface area contributed by atoms with Gasteiger partial charge in [-0.25, -0.2) is 0 Å². The van der Waals surface area contributed by atoms with Crippen molar-refractivity contribution in [3.8, 4) is 0 Å². The molecule has 1 aliphatic rings. The molecular weight excluding hydrogens is 228 g/mol. The maximum absolute atomic E-state index is 12.2. The Morgan fingerprint density at radius 3 is 2.11 bits per heavy atom. The van der Waals surface area contributed by atoms with Crippen molar-refractivity contribution in [1.82, 2.24) is 10.6 Å². The fourth-order valence-corrected chi connectivity index (χ4v) is 2.16. The van der Waals surface area contributed by atoms with E-state index in [2.05, 4.69) is 10.6 Å². The van der Waals surface area contributed by atoms with Crippen LogP contribution in [-0.2, 0) is 9.59 Å². The van der Waals surface area contributed by atoms with Crippen molar-refractivity contribution in [3.05, 3.63) is 0 Å². The van der Waals surface area contributed by atoms with E-state index in [1.54, 1.807) is 13.8 Å². The monoisotopic (exact) mass is 254 g/mol. The fourth-order valence-electron chi connectivity index (χ4n) is 2.16. The predicted octanol–water partition coefficient (Wildman–Crippen LogP) is 1.99. The standard InChI is InChI=1S/C14H26N2O2/c1-10(2)15-12(17)14(3,4)13(18)16-11-8-6-5-7-9-11/h10-11H,5-9H2,1-4H3,(H,15,17)(H,16,18). The van der Waals surface area contributed by atoms with Crippen LogP contribution in [0.5, 0.6) is 0 Å². The van der Waals surface area contributed by atoms with E-state index in [1.165, 1.54) is 19.3 Å². The van der Waals surface area contributed by atoms with Gasteiger partial charge in [-0.05, 0) is 40.5 Å². The molecule has 18 heavy (non-hydrogen) atoms. The van der Waals surface area contributed by atoms with Gasteiger partial charge in [0.25, 0.3) is 0 Å². The highest BCUT2D eigenvalue weighted by Gasteiger charge is 2.37. The Hall–Kier alpha value is -1.06. The zero-order valence-electron chi connectivity index (χ0n) is 12.0. The molecule has 0 aliphatic heterocycles. The quantitative estimate of drug-likeness (QED) is 0.754. The Balaban J connectivity index is 2.54. The first-order valence-electron chi connectivity index (χ1n) is 6.96. The lowest BCUT2D eigenvalue weighted by atomic mass is 9.88. The van der Waals surface area contributed by atoms with Gasteiger partial charge in [0.1, 0.15) is 5.41 Å². The number of rotatable bonds is 4. The summed E-state index contributed by atoms with van der Waals surface area (Å²) in [6, 6.07) is 0.302. The van der Waals surface area contributed by atoms with Crippen molar-refractivity contribution in [2.45, 2.75) is 71.9 Å². The van der Waals surface area contributed by atoms with Gasteiger partial charge >= 0.3 is 0 Å².